The highest BCUT2D eigenvalue weighted by Gasteiger charge is 2.51. The van der Waals surface area contributed by atoms with Crippen LogP contribution in [0.5, 0.6) is 0 Å². The van der Waals surface area contributed by atoms with Gasteiger partial charge in [0.25, 0.3) is 0 Å². The summed E-state index contributed by atoms with van der Waals surface area (Å²) in [4.78, 5) is 13.3. The number of carbonyl (C=O) groups is 1. The maximum atomic E-state index is 13.3. The number of rotatable bonds is 54. The predicted octanol–water partition coefficient (Wildman–Crippen LogP) is 12.2. The zero-order valence-electron chi connectivity index (χ0n) is 49.9. The van der Waals surface area contributed by atoms with Gasteiger partial charge in [0.1, 0.15) is 48.8 Å². The highest BCUT2D eigenvalue weighted by molar-refractivity contribution is 5.76. The molecule has 12 atom stereocenters. The van der Waals surface area contributed by atoms with Crippen molar-refractivity contribution in [2.24, 2.45) is 0 Å². The minimum atomic E-state index is -1.79. The van der Waals surface area contributed by atoms with Crippen LogP contribution in [0.25, 0.3) is 0 Å². The smallest absolute Gasteiger partial charge is 0.220 e. The van der Waals surface area contributed by atoms with E-state index < -0.39 is 86.8 Å². The van der Waals surface area contributed by atoms with Crippen LogP contribution in [0.4, 0.5) is 0 Å². The van der Waals surface area contributed by atoms with Gasteiger partial charge in [0.15, 0.2) is 12.6 Å². The van der Waals surface area contributed by atoms with Crippen molar-refractivity contribution in [3.05, 3.63) is 12.2 Å². The van der Waals surface area contributed by atoms with Crippen LogP contribution in [0.1, 0.15) is 296 Å². The third-order valence-electron chi connectivity index (χ3n) is 16.5. The van der Waals surface area contributed by atoms with Gasteiger partial charge in [0.2, 0.25) is 5.91 Å². The van der Waals surface area contributed by atoms with Gasteiger partial charge in [-0.3, -0.25) is 4.79 Å². The van der Waals surface area contributed by atoms with Gasteiger partial charge >= 0.3 is 0 Å². The second-order valence-corrected chi connectivity index (χ2v) is 23.6. The molecule has 2 aliphatic rings. The third kappa shape index (κ3) is 35.0. The van der Waals surface area contributed by atoms with Crippen LogP contribution in [0.3, 0.4) is 0 Å². The molecule has 1 amide bonds. The highest BCUT2D eigenvalue weighted by Crippen LogP contribution is 2.30. The number of hydrogen-bond acceptors (Lipinski definition) is 13. The first-order chi connectivity index (χ1) is 38.1. The molecule has 462 valence electrons. The number of amides is 1. The molecule has 2 fully saturated rings. The molecule has 0 aromatic carbocycles. The fraction of sp³-hybridized carbons (Fsp3) is 0.953. The van der Waals surface area contributed by atoms with E-state index in [0.29, 0.717) is 6.42 Å². The lowest BCUT2D eigenvalue weighted by Gasteiger charge is -2.46. The lowest BCUT2D eigenvalue weighted by Crippen LogP contribution is -2.65. The number of unbranched alkanes of at least 4 members (excludes halogenated alkanes) is 41. The average Bonchev–Trinajstić information content (AvgIpc) is 3.45. The first-order valence-electron chi connectivity index (χ1n) is 32.9. The van der Waals surface area contributed by atoms with Gasteiger partial charge in [0, 0.05) is 6.42 Å². The maximum absolute atomic E-state index is 13.3. The summed E-state index contributed by atoms with van der Waals surface area (Å²) in [6, 6.07) is -0.909. The van der Waals surface area contributed by atoms with E-state index in [2.05, 4.69) is 19.2 Å². The monoisotopic (exact) mass is 1110 g/mol. The lowest BCUT2D eigenvalue weighted by atomic mass is 9.97. The zero-order valence-corrected chi connectivity index (χ0v) is 49.9. The van der Waals surface area contributed by atoms with Gasteiger partial charge in [0.05, 0.1) is 32.0 Å². The van der Waals surface area contributed by atoms with Crippen molar-refractivity contribution >= 4 is 5.91 Å². The lowest BCUT2D eigenvalue weighted by molar-refractivity contribution is -0.359. The molecule has 0 aromatic rings. The van der Waals surface area contributed by atoms with Gasteiger partial charge in [-0.15, -0.1) is 0 Å². The Labute approximate surface area is 476 Å². The molecule has 14 heteroatoms. The number of aliphatic hydroxyl groups is 8. The summed E-state index contributed by atoms with van der Waals surface area (Å²) >= 11 is 0. The van der Waals surface area contributed by atoms with Crippen molar-refractivity contribution in [2.45, 2.75) is 370 Å². The Morgan fingerprint density at radius 2 is 0.795 bits per heavy atom. The molecule has 0 aliphatic carbocycles. The van der Waals surface area contributed by atoms with E-state index in [0.717, 1.165) is 38.5 Å². The topological polar surface area (TPSA) is 228 Å². The molecule has 2 aliphatic heterocycles. The summed E-state index contributed by atoms with van der Waals surface area (Å²) in [6.45, 7) is 2.82. The molecular weight excluding hydrogens is 991 g/mol. The molecule has 4 unspecified atom stereocenters. The van der Waals surface area contributed by atoms with Crippen LogP contribution in [-0.4, -0.2) is 140 Å². The standard InChI is InChI=1S/C64H123NO13/c1-3-5-7-9-11-13-15-17-18-19-20-21-22-23-24-25-26-27-28-29-30-31-32-33-34-35-36-38-40-42-44-46-48-56(69)65-52(53(68)47-45-43-41-39-37-16-14-12-10-8-6-4-2)51-75-63-61(74)59(72)62(55(50-67)77-63)78-64-60(73)58(71)57(70)54(49-66)76-64/h45,47,52-55,57-64,66-68,70-74H,3-44,46,48-51H2,1-2H3,(H,65,69)/b47-45+/t52-,53+,54+,55+,57-,58?,59?,60?,61?,62+,63+,64-/m0/s1. The maximum Gasteiger partial charge on any atom is 0.220 e. The van der Waals surface area contributed by atoms with E-state index in [1.165, 1.54) is 231 Å². The third-order valence-corrected chi connectivity index (χ3v) is 16.5. The summed E-state index contributed by atoms with van der Waals surface area (Å²) in [6.07, 6.45) is 42.9. The Bertz CT molecular complexity index is 1360. The van der Waals surface area contributed by atoms with Crippen molar-refractivity contribution in [2.75, 3.05) is 19.8 Å². The summed E-state index contributed by atoms with van der Waals surface area (Å²) in [5.74, 6) is -0.234. The number of hydrogen-bond donors (Lipinski definition) is 9. The fourth-order valence-electron chi connectivity index (χ4n) is 11.2. The predicted molar refractivity (Wildman–Crippen MR) is 314 cm³/mol. The second-order valence-electron chi connectivity index (χ2n) is 23.6. The molecule has 0 saturated carbocycles. The molecule has 2 saturated heterocycles. The van der Waals surface area contributed by atoms with E-state index in [9.17, 15) is 45.6 Å². The van der Waals surface area contributed by atoms with E-state index >= 15 is 0 Å². The number of ether oxygens (including phenoxy) is 4. The quantitative estimate of drug-likeness (QED) is 0.0204. The SMILES string of the molecule is CCCCCCCCCCCC/C=C/[C@@H](O)[C@H](CO[C@@H]1O[C@H](CO)[C@@H](O[C@@H]2O[C@H](CO)[C@H](O)C(O)C2O)C(O)C1O)NC(=O)CCCCCCCCCCCCCCCCCCCCCCCCCCCCCCCCCC. The number of aliphatic hydroxyl groups excluding tert-OH is 8. The summed E-state index contributed by atoms with van der Waals surface area (Å²) in [5, 5.41) is 87.1. The van der Waals surface area contributed by atoms with E-state index in [1.54, 1.807) is 6.08 Å². The molecule has 78 heavy (non-hydrogen) atoms. The Hall–Kier alpha value is -1.27. The van der Waals surface area contributed by atoms with Gasteiger partial charge in [-0.2, -0.15) is 0 Å². The minimum absolute atomic E-state index is 0.234. The summed E-state index contributed by atoms with van der Waals surface area (Å²) in [5.41, 5.74) is 0. The Kier molecular flexibility index (Phi) is 46.9. The van der Waals surface area contributed by atoms with Crippen molar-refractivity contribution in [1.82, 2.24) is 5.32 Å². The molecular formula is C64H123NO13. The van der Waals surface area contributed by atoms with Crippen LogP contribution in [0, 0.1) is 0 Å². The van der Waals surface area contributed by atoms with Crippen LogP contribution in [-0.2, 0) is 23.7 Å². The van der Waals surface area contributed by atoms with Gasteiger partial charge < -0.3 is 65.1 Å². The van der Waals surface area contributed by atoms with E-state index in [1.807, 2.05) is 6.08 Å². The Balaban J connectivity index is 1.60. The summed E-state index contributed by atoms with van der Waals surface area (Å²) in [7, 11) is 0. The molecule has 0 bridgehead atoms. The normalized spacial score (nSPS) is 24.5. The molecule has 2 rings (SSSR count). The molecule has 2 heterocycles. The number of nitrogens with one attached hydrogen (secondary N) is 1. The first-order valence-corrected chi connectivity index (χ1v) is 32.9. The molecule has 0 spiro atoms. The summed E-state index contributed by atoms with van der Waals surface area (Å²) < 4.78 is 22.8. The van der Waals surface area contributed by atoms with Crippen LogP contribution < -0.4 is 5.32 Å². The van der Waals surface area contributed by atoms with Crippen LogP contribution in [0.2, 0.25) is 0 Å². The second kappa shape index (κ2) is 50.3. The van der Waals surface area contributed by atoms with Crippen molar-refractivity contribution in [1.29, 1.82) is 0 Å². The molecule has 0 radical (unpaired) electrons. The van der Waals surface area contributed by atoms with Crippen LogP contribution in [0.15, 0.2) is 12.2 Å². The first kappa shape index (κ1) is 72.8. The fourth-order valence-corrected chi connectivity index (χ4v) is 11.2. The minimum Gasteiger partial charge on any atom is -0.394 e. The molecule has 14 nitrogen and oxygen atoms in total. The van der Waals surface area contributed by atoms with Crippen molar-refractivity contribution in [3.8, 4) is 0 Å². The average molecular weight is 1110 g/mol. The Morgan fingerprint density at radius 3 is 1.18 bits per heavy atom. The highest BCUT2D eigenvalue weighted by atomic mass is 16.7. The largest absolute Gasteiger partial charge is 0.394 e. The van der Waals surface area contributed by atoms with E-state index in [-0.39, 0.29) is 18.9 Å². The van der Waals surface area contributed by atoms with Gasteiger partial charge in [-0.25, -0.2) is 0 Å². The van der Waals surface area contributed by atoms with Gasteiger partial charge in [-0.05, 0) is 19.3 Å². The molecule has 0 aromatic heterocycles. The molecule has 9 N–H and O–H groups in total. The zero-order chi connectivity index (χ0) is 56.7. The van der Waals surface area contributed by atoms with E-state index in [4.69, 9.17) is 18.9 Å². The number of allylic oxidation sites excluding steroid dienone is 1. The van der Waals surface area contributed by atoms with Gasteiger partial charge in [-0.1, -0.05) is 283 Å². The Morgan fingerprint density at radius 1 is 0.449 bits per heavy atom. The number of carbonyl (C=O) groups excluding carboxylic acids is 1. The van der Waals surface area contributed by atoms with Crippen molar-refractivity contribution < 1.29 is 64.6 Å². The van der Waals surface area contributed by atoms with Crippen LogP contribution >= 0.6 is 0 Å². The van der Waals surface area contributed by atoms with Crippen molar-refractivity contribution in [3.63, 3.8) is 0 Å².